The minimum absolute atomic E-state index is 0.0150. The molecule has 2 amide bonds. The maximum atomic E-state index is 14.0. The zero-order valence-corrected chi connectivity index (χ0v) is 21.2. The number of fused-ring (bicyclic) bond motifs is 2. The van der Waals surface area contributed by atoms with Gasteiger partial charge >= 0.3 is 0 Å². The number of rotatable bonds is 7. The van der Waals surface area contributed by atoms with Gasteiger partial charge < -0.3 is 19.6 Å². The molecule has 2 aliphatic heterocycles. The predicted molar refractivity (Wildman–Crippen MR) is 132 cm³/mol. The minimum atomic E-state index is -3.73. The Morgan fingerprint density at radius 3 is 2.28 bits per heavy atom. The van der Waals surface area contributed by atoms with Gasteiger partial charge in [0.15, 0.2) is 5.54 Å². The van der Waals surface area contributed by atoms with Crippen LogP contribution in [0.15, 0.2) is 59.0 Å². The second-order valence-electron chi connectivity index (χ2n) is 8.59. The summed E-state index contributed by atoms with van der Waals surface area (Å²) in [6.07, 6.45) is 0. The Balaban J connectivity index is 1.99. The largest absolute Gasteiger partial charge is 0.507 e. The molecule has 0 bridgehead atoms. The van der Waals surface area contributed by atoms with Crippen LogP contribution in [0.2, 0.25) is 0 Å². The number of carbonyl (C=O) groups is 3. The van der Waals surface area contributed by atoms with Gasteiger partial charge in [-0.05, 0) is 37.3 Å². The molecular weight excluding hydrogens is 486 g/mol. The molecule has 1 fully saturated rings. The van der Waals surface area contributed by atoms with Crippen molar-refractivity contribution in [1.29, 1.82) is 0 Å². The van der Waals surface area contributed by atoms with Crippen LogP contribution in [0, 0.1) is 0 Å². The van der Waals surface area contributed by atoms with E-state index >= 15 is 0 Å². The predicted octanol–water partition coefficient (Wildman–Crippen LogP) is 1.53. The van der Waals surface area contributed by atoms with Crippen LogP contribution in [0.4, 0.5) is 5.69 Å². The second kappa shape index (κ2) is 9.16. The molecule has 11 heteroatoms. The summed E-state index contributed by atoms with van der Waals surface area (Å²) in [5.41, 5.74) is -1.21. The Kier molecular flexibility index (Phi) is 6.50. The van der Waals surface area contributed by atoms with Gasteiger partial charge in [-0.2, -0.15) is 0 Å². The number of para-hydroxylation sites is 1. The van der Waals surface area contributed by atoms with Crippen molar-refractivity contribution in [2.75, 3.05) is 45.8 Å². The van der Waals surface area contributed by atoms with E-state index in [1.54, 1.807) is 31.2 Å². The first kappa shape index (κ1) is 25.5. The van der Waals surface area contributed by atoms with E-state index < -0.39 is 38.9 Å². The van der Waals surface area contributed by atoms with E-state index in [4.69, 9.17) is 4.74 Å². The molecule has 1 N–H and O–H groups in total. The fraction of sp³-hybridized carbons (Fsp3) is 0.320. The van der Waals surface area contributed by atoms with Crippen LogP contribution in [-0.4, -0.2) is 81.2 Å². The molecule has 0 aliphatic carbocycles. The number of carbonyl (C=O) groups excluding carboxylic acids is 3. The van der Waals surface area contributed by atoms with Gasteiger partial charge in [0.05, 0.1) is 22.8 Å². The van der Waals surface area contributed by atoms with Crippen LogP contribution in [0.5, 0.6) is 0 Å². The third-order valence-corrected chi connectivity index (χ3v) is 8.38. The highest BCUT2D eigenvalue weighted by molar-refractivity contribution is 7.89. The van der Waals surface area contributed by atoms with Crippen LogP contribution >= 0.6 is 0 Å². The summed E-state index contributed by atoms with van der Waals surface area (Å²) in [6.45, 7) is 2.06. The summed E-state index contributed by atoms with van der Waals surface area (Å²) in [4.78, 5) is 43.3. The molecule has 1 saturated heterocycles. The summed E-state index contributed by atoms with van der Waals surface area (Å²) in [7, 11) is 0.504. The Labute approximate surface area is 209 Å². The molecule has 1 spiro atoms. The highest BCUT2D eigenvalue weighted by atomic mass is 32.2. The number of nitrogens with zero attached hydrogens (tertiary/aromatic N) is 3. The first-order chi connectivity index (χ1) is 17.0. The summed E-state index contributed by atoms with van der Waals surface area (Å²) < 4.78 is 31.1. The average Bonchev–Trinajstić information content (AvgIpc) is 3.24. The number of benzene rings is 2. The van der Waals surface area contributed by atoms with Crippen molar-refractivity contribution in [1.82, 2.24) is 9.21 Å². The van der Waals surface area contributed by atoms with Crippen molar-refractivity contribution in [2.24, 2.45) is 0 Å². The van der Waals surface area contributed by atoms with E-state index in [-0.39, 0.29) is 35.7 Å². The number of Topliss-reactive ketones (excluding diaryl/α,β-unsaturated/α-hetero) is 1. The summed E-state index contributed by atoms with van der Waals surface area (Å²) in [5.74, 6) is -3.03. The number of hydrogen-bond acceptors (Lipinski definition) is 7. The number of sulfonamides is 1. The highest BCUT2D eigenvalue weighted by Crippen LogP contribution is 2.53. The first-order valence-electron chi connectivity index (χ1n) is 11.3. The van der Waals surface area contributed by atoms with E-state index in [1.165, 1.54) is 50.4 Å². The Bertz CT molecular complexity index is 1380. The molecule has 36 heavy (non-hydrogen) atoms. The number of amides is 2. The zero-order valence-electron chi connectivity index (χ0n) is 20.4. The lowest BCUT2D eigenvalue weighted by atomic mass is 9.82. The maximum absolute atomic E-state index is 14.0. The molecule has 4 rings (SSSR count). The molecule has 2 aromatic carbocycles. The average molecular weight is 514 g/mol. The number of aliphatic hydroxyl groups is 1. The van der Waals surface area contributed by atoms with E-state index in [1.807, 2.05) is 0 Å². The highest BCUT2D eigenvalue weighted by Gasteiger charge is 2.66. The number of aliphatic hydroxyl groups excluding tert-OH is 1. The van der Waals surface area contributed by atoms with Gasteiger partial charge in [0, 0.05) is 45.4 Å². The fourth-order valence-corrected chi connectivity index (χ4v) is 5.70. The van der Waals surface area contributed by atoms with Crippen molar-refractivity contribution >= 4 is 39.1 Å². The van der Waals surface area contributed by atoms with Gasteiger partial charge in [-0.1, -0.05) is 18.2 Å². The number of ketones is 1. The number of methoxy groups -OCH3 is 1. The Hall–Kier alpha value is -3.54. The summed E-state index contributed by atoms with van der Waals surface area (Å²) in [6, 6.07) is 12.1. The topological polar surface area (TPSA) is 125 Å². The number of hydrogen-bond donors (Lipinski definition) is 1. The Morgan fingerprint density at radius 1 is 1.06 bits per heavy atom. The van der Waals surface area contributed by atoms with Crippen molar-refractivity contribution in [2.45, 2.75) is 17.4 Å². The zero-order chi connectivity index (χ0) is 26.4. The molecular formula is C25H27N3O7S. The van der Waals surface area contributed by atoms with E-state index in [0.717, 1.165) is 9.21 Å². The van der Waals surface area contributed by atoms with Crippen LogP contribution < -0.4 is 4.90 Å². The third kappa shape index (κ3) is 3.46. The molecule has 1 atom stereocenters. The van der Waals surface area contributed by atoms with Gasteiger partial charge in [-0.25, -0.2) is 12.7 Å². The van der Waals surface area contributed by atoms with Crippen LogP contribution in [0.25, 0.3) is 5.76 Å². The van der Waals surface area contributed by atoms with Gasteiger partial charge in [-0.15, -0.1) is 0 Å². The standard InChI is InChI=1S/C25H27N3O7S/c1-5-27-19-9-7-6-8-18(19)25(24(27)32)20(22(30)23(31)28(25)14-15-35-4)21(29)16-10-12-17(13-11-16)36(33,34)26(2)3/h6-13,29H,5,14-15H2,1-4H3/b21-20-/t25-/m1/s1. The quantitative estimate of drug-likeness (QED) is 0.338. The molecule has 0 aromatic heterocycles. The lowest BCUT2D eigenvalue weighted by Gasteiger charge is -2.34. The molecule has 10 nitrogen and oxygen atoms in total. The monoisotopic (exact) mass is 513 g/mol. The van der Waals surface area contributed by atoms with Crippen molar-refractivity contribution in [3.63, 3.8) is 0 Å². The van der Waals surface area contributed by atoms with Gasteiger partial charge in [0.25, 0.3) is 17.6 Å². The van der Waals surface area contributed by atoms with Gasteiger partial charge in [0.1, 0.15) is 5.76 Å². The number of likely N-dealkylation sites (N-methyl/N-ethyl adjacent to an activating group) is 1. The minimum Gasteiger partial charge on any atom is -0.507 e. The van der Waals surface area contributed by atoms with E-state index in [9.17, 15) is 27.9 Å². The van der Waals surface area contributed by atoms with Crippen molar-refractivity contribution < 1.29 is 32.6 Å². The van der Waals surface area contributed by atoms with Gasteiger partial charge in [-0.3, -0.25) is 14.4 Å². The van der Waals surface area contributed by atoms with Crippen molar-refractivity contribution in [3.05, 3.63) is 65.2 Å². The van der Waals surface area contributed by atoms with E-state index in [2.05, 4.69) is 0 Å². The summed E-state index contributed by atoms with van der Waals surface area (Å²) in [5, 5.41) is 11.4. The normalized spacial score (nSPS) is 21.2. The number of anilines is 1. The van der Waals surface area contributed by atoms with Crippen LogP contribution in [0.3, 0.4) is 0 Å². The molecule has 0 saturated carbocycles. The molecule has 2 aliphatic rings. The molecule has 0 radical (unpaired) electrons. The first-order valence-corrected chi connectivity index (χ1v) is 12.7. The molecule has 2 aromatic rings. The van der Waals surface area contributed by atoms with Crippen molar-refractivity contribution in [3.8, 4) is 0 Å². The molecule has 190 valence electrons. The Morgan fingerprint density at radius 2 is 1.69 bits per heavy atom. The summed E-state index contributed by atoms with van der Waals surface area (Å²) >= 11 is 0. The number of ether oxygens (including phenoxy) is 1. The third-order valence-electron chi connectivity index (χ3n) is 6.55. The van der Waals surface area contributed by atoms with Crippen LogP contribution in [0.1, 0.15) is 18.1 Å². The molecule has 0 unspecified atom stereocenters. The lowest BCUT2D eigenvalue weighted by molar-refractivity contribution is -0.144. The smallest absolute Gasteiger partial charge is 0.296 e. The van der Waals surface area contributed by atoms with Gasteiger partial charge in [0.2, 0.25) is 10.0 Å². The number of likely N-dealkylation sites (tertiary alicyclic amines) is 1. The van der Waals surface area contributed by atoms with Crippen LogP contribution in [-0.2, 0) is 34.7 Å². The van der Waals surface area contributed by atoms with E-state index in [0.29, 0.717) is 11.3 Å². The fourth-order valence-electron chi connectivity index (χ4n) is 4.80. The molecule has 2 heterocycles. The second-order valence-corrected chi connectivity index (χ2v) is 10.7. The SMILES string of the molecule is CCN1C(=O)[C@]2(/C(=C(\O)c3ccc(S(=O)(=O)N(C)C)cc3)C(=O)C(=O)N2CCOC)c2ccccc21. The maximum Gasteiger partial charge on any atom is 0.296 e. The lowest BCUT2D eigenvalue weighted by Crippen LogP contribution is -2.52.